The number of hydrogen-bond donors (Lipinski definition) is 0. The van der Waals surface area contributed by atoms with E-state index in [1.165, 1.54) is 38.8 Å². The van der Waals surface area contributed by atoms with Gasteiger partial charge in [0.2, 0.25) is 0 Å². The first-order valence-electron chi connectivity index (χ1n) is 8.96. The molecule has 1 saturated heterocycles. The SMILES string of the molecule is CC(C)(C)CCCC1CCN(CCOCCC(C)(C)C)C1. The molecule has 1 heterocycles. The predicted octanol–water partition coefficient (Wildman–Crippen LogP) is 4.98. The molecule has 21 heavy (non-hydrogen) atoms. The molecule has 2 nitrogen and oxygen atoms in total. The average Bonchev–Trinajstić information content (AvgIpc) is 2.73. The van der Waals surface area contributed by atoms with Gasteiger partial charge in [0.1, 0.15) is 0 Å². The minimum absolute atomic E-state index is 0.395. The Bertz CT molecular complexity index is 274. The van der Waals surface area contributed by atoms with Gasteiger partial charge in [0.05, 0.1) is 6.61 Å². The standard InChI is InChI=1S/C19H39NO/c1-18(2,3)10-7-8-17-9-12-20(16-17)13-15-21-14-11-19(4,5)6/h17H,7-16H2,1-6H3. The van der Waals surface area contributed by atoms with Crippen molar-refractivity contribution in [2.75, 3.05) is 32.8 Å². The Balaban J connectivity index is 2.01. The van der Waals surface area contributed by atoms with Gasteiger partial charge in [-0.1, -0.05) is 48.0 Å². The van der Waals surface area contributed by atoms with Gasteiger partial charge in [0, 0.05) is 19.7 Å². The van der Waals surface area contributed by atoms with Crippen LogP contribution in [0.15, 0.2) is 0 Å². The summed E-state index contributed by atoms with van der Waals surface area (Å²) < 4.78 is 5.79. The highest BCUT2D eigenvalue weighted by Crippen LogP contribution is 2.26. The first-order valence-corrected chi connectivity index (χ1v) is 8.96. The van der Waals surface area contributed by atoms with Crippen LogP contribution in [0.2, 0.25) is 0 Å². The summed E-state index contributed by atoms with van der Waals surface area (Å²) in [4.78, 5) is 2.60. The second-order valence-corrected chi connectivity index (χ2v) is 9.33. The van der Waals surface area contributed by atoms with E-state index in [2.05, 4.69) is 46.4 Å². The second kappa shape index (κ2) is 8.53. The molecule has 0 amide bonds. The van der Waals surface area contributed by atoms with Gasteiger partial charge in [-0.15, -0.1) is 0 Å². The molecular weight excluding hydrogens is 258 g/mol. The zero-order valence-electron chi connectivity index (χ0n) is 15.5. The molecule has 1 aliphatic heterocycles. The molecule has 0 saturated carbocycles. The molecule has 0 radical (unpaired) electrons. The number of rotatable bonds is 8. The van der Waals surface area contributed by atoms with Gasteiger partial charge in [-0.25, -0.2) is 0 Å². The quantitative estimate of drug-likeness (QED) is 0.586. The summed E-state index contributed by atoms with van der Waals surface area (Å²) in [6.07, 6.45) is 6.72. The first-order chi connectivity index (χ1) is 9.66. The fourth-order valence-corrected chi connectivity index (χ4v) is 2.95. The maximum atomic E-state index is 5.79. The van der Waals surface area contributed by atoms with Gasteiger partial charge in [-0.05, 0) is 49.0 Å². The molecule has 1 aliphatic rings. The number of nitrogens with zero attached hydrogens (tertiary/aromatic N) is 1. The van der Waals surface area contributed by atoms with E-state index in [9.17, 15) is 0 Å². The van der Waals surface area contributed by atoms with E-state index in [-0.39, 0.29) is 0 Å². The lowest BCUT2D eigenvalue weighted by molar-refractivity contribution is 0.0898. The van der Waals surface area contributed by atoms with Crippen molar-refractivity contribution in [3.05, 3.63) is 0 Å². The Kier molecular flexibility index (Phi) is 7.70. The van der Waals surface area contributed by atoms with Crippen molar-refractivity contribution in [2.24, 2.45) is 16.7 Å². The van der Waals surface area contributed by atoms with Gasteiger partial charge in [-0.2, -0.15) is 0 Å². The second-order valence-electron chi connectivity index (χ2n) is 9.33. The van der Waals surface area contributed by atoms with Crippen molar-refractivity contribution in [1.82, 2.24) is 4.90 Å². The average molecular weight is 298 g/mol. The van der Waals surface area contributed by atoms with E-state index in [4.69, 9.17) is 4.74 Å². The van der Waals surface area contributed by atoms with Crippen LogP contribution in [0.3, 0.4) is 0 Å². The van der Waals surface area contributed by atoms with Crippen LogP contribution in [0.25, 0.3) is 0 Å². The molecule has 0 spiro atoms. The van der Waals surface area contributed by atoms with E-state index < -0.39 is 0 Å². The highest BCUT2D eigenvalue weighted by Gasteiger charge is 2.22. The van der Waals surface area contributed by atoms with Crippen LogP contribution in [0.4, 0.5) is 0 Å². The van der Waals surface area contributed by atoms with Crippen molar-refractivity contribution < 1.29 is 4.74 Å². The highest BCUT2D eigenvalue weighted by molar-refractivity contribution is 4.76. The molecule has 0 aliphatic carbocycles. The fraction of sp³-hybridized carbons (Fsp3) is 1.00. The van der Waals surface area contributed by atoms with Gasteiger partial charge in [0.25, 0.3) is 0 Å². The molecule has 1 rings (SSSR count). The topological polar surface area (TPSA) is 12.5 Å². The van der Waals surface area contributed by atoms with E-state index in [1.54, 1.807) is 0 Å². The van der Waals surface area contributed by atoms with Gasteiger partial charge in [0.15, 0.2) is 0 Å². The van der Waals surface area contributed by atoms with Crippen LogP contribution in [-0.4, -0.2) is 37.7 Å². The summed E-state index contributed by atoms with van der Waals surface area (Å²) in [6, 6.07) is 0. The van der Waals surface area contributed by atoms with Crippen molar-refractivity contribution in [3.63, 3.8) is 0 Å². The van der Waals surface area contributed by atoms with E-state index in [1.807, 2.05) is 0 Å². The Morgan fingerprint density at radius 2 is 1.62 bits per heavy atom. The molecule has 1 fully saturated rings. The monoisotopic (exact) mass is 297 g/mol. The summed E-state index contributed by atoms with van der Waals surface area (Å²) in [5.74, 6) is 0.932. The fourth-order valence-electron chi connectivity index (χ4n) is 2.95. The minimum Gasteiger partial charge on any atom is -0.380 e. The van der Waals surface area contributed by atoms with Crippen LogP contribution in [0.1, 0.15) is 73.6 Å². The minimum atomic E-state index is 0.395. The molecule has 0 aromatic rings. The molecule has 0 bridgehead atoms. The van der Waals surface area contributed by atoms with Crippen LogP contribution in [-0.2, 0) is 4.74 Å². The summed E-state index contributed by atoms with van der Waals surface area (Å²) in [6.45, 7) is 19.4. The lowest BCUT2D eigenvalue weighted by atomic mass is 9.88. The molecule has 2 heteroatoms. The maximum Gasteiger partial charge on any atom is 0.0593 e. The molecule has 1 atom stereocenters. The van der Waals surface area contributed by atoms with Crippen molar-refractivity contribution >= 4 is 0 Å². The van der Waals surface area contributed by atoms with Gasteiger partial charge < -0.3 is 9.64 Å². The van der Waals surface area contributed by atoms with Gasteiger partial charge in [-0.3, -0.25) is 0 Å². The van der Waals surface area contributed by atoms with Crippen molar-refractivity contribution in [3.8, 4) is 0 Å². The Morgan fingerprint density at radius 1 is 0.952 bits per heavy atom. The van der Waals surface area contributed by atoms with Crippen LogP contribution in [0, 0.1) is 16.7 Å². The van der Waals surface area contributed by atoms with E-state index in [0.717, 1.165) is 32.1 Å². The third kappa shape index (κ3) is 10.3. The Labute approximate surface area is 133 Å². The molecular formula is C19H39NO. The Hall–Kier alpha value is -0.0800. The van der Waals surface area contributed by atoms with Crippen LogP contribution in [0.5, 0.6) is 0 Å². The van der Waals surface area contributed by atoms with Gasteiger partial charge >= 0.3 is 0 Å². The molecule has 0 aromatic heterocycles. The van der Waals surface area contributed by atoms with Crippen LogP contribution < -0.4 is 0 Å². The van der Waals surface area contributed by atoms with E-state index in [0.29, 0.717) is 10.8 Å². The zero-order valence-corrected chi connectivity index (χ0v) is 15.5. The first kappa shape index (κ1) is 19.0. The summed E-state index contributed by atoms with van der Waals surface area (Å²) in [5.41, 5.74) is 0.894. The molecule has 0 aromatic carbocycles. The molecule has 1 unspecified atom stereocenters. The lowest BCUT2D eigenvalue weighted by Crippen LogP contribution is -2.25. The van der Waals surface area contributed by atoms with E-state index >= 15 is 0 Å². The largest absolute Gasteiger partial charge is 0.380 e. The molecule has 126 valence electrons. The normalized spacial score (nSPS) is 21.1. The summed E-state index contributed by atoms with van der Waals surface area (Å²) in [7, 11) is 0. The lowest BCUT2D eigenvalue weighted by Gasteiger charge is -2.20. The maximum absolute atomic E-state index is 5.79. The summed E-state index contributed by atoms with van der Waals surface area (Å²) in [5, 5.41) is 0. The summed E-state index contributed by atoms with van der Waals surface area (Å²) >= 11 is 0. The number of likely N-dealkylation sites (tertiary alicyclic amines) is 1. The highest BCUT2D eigenvalue weighted by atomic mass is 16.5. The van der Waals surface area contributed by atoms with Crippen molar-refractivity contribution in [2.45, 2.75) is 73.6 Å². The predicted molar refractivity (Wildman–Crippen MR) is 92.7 cm³/mol. The zero-order chi connectivity index (χ0) is 15.9. The third-order valence-electron chi connectivity index (χ3n) is 4.46. The molecule has 0 N–H and O–H groups in total. The number of hydrogen-bond acceptors (Lipinski definition) is 2. The Morgan fingerprint density at radius 3 is 2.24 bits per heavy atom. The van der Waals surface area contributed by atoms with Crippen LogP contribution >= 0.6 is 0 Å². The third-order valence-corrected chi connectivity index (χ3v) is 4.46. The number of ether oxygens (including phenoxy) is 1. The van der Waals surface area contributed by atoms with Crippen molar-refractivity contribution in [1.29, 1.82) is 0 Å². The smallest absolute Gasteiger partial charge is 0.0593 e.